The third kappa shape index (κ3) is 22.1. The smallest absolute Gasteiger partial charge is 0.333 e. The molecule has 2 atom stereocenters. The van der Waals surface area contributed by atoms with E-state index >= 15 is 0 Å². The van der Waals surface area contributed by atoms with Crippen molar-refractivity contribution in [3.63, 3.8) is 0 Å². The Morgan fingerprint density at radius 2 is 0.961 bits per heavy atom. The number of hydrogen-bond acceptors (Lipinski definition) is 10. The molecule has 2 N–H and O–H groups in total. The first kappa shape index (κ1) is 45.5. The Balaban J connectivity index is 2.64. The van der Waals surface area contributed by atoms with Crippen LogP contribution in [-0.2, 0) is 47.9 Å². The van der Waals surface area contributed by atoms with Gasteiger partial charge in [-0.25, -0.2) is 14.4 Å². The highest BCUT2D eigenvalue weighted by Gasteiger charge is 2.34. The first-order valence-electron chi connectivity index (χ1n) is 19.0. The lowest BCUT2D eigenvalue weighted by atomic mass is 10.0. The molecule has 0 aromatic rings. The van der Waals surface area contributed by atoms with Gasteiger partial charge in [-0.3, -0.25) is 19.2 Å². The standard InChI is InChI=1S/C38H65N3O10/c1-8-9-10-11-12-13-14-15-16-17-18-19-20-21-30(42)39-28(35(47)49-37(2,3)4)22-24-31(43)40-29(36(48)50-38(5,6)7)23-27-34(46)51-41-32(44)25-26-33(41)45/h28-29H,8-27H2,1-7H3,(H,39,42)(H,40,43)/t28?,29-/m0/s1. The number of ether oxygens (including phenoxy) is 2. The summed E-state index contributed by atoms with van der Waals surface area (Å²) in [6, 6.07) is -2.35. The number of hydrogen-bond donors (Lipinski definition) is 2. The van der Waals surface area contributed by atoms with Crippen LogP contribution in [0.15, 0.2) is 0 Å². The first-order chi connectivity index (χ1) is 23.9. The Hall–Kier alpha value is -3.51. The molecule has 0 saturated carbocycles. The topological polar surface area (TPSA) is 174 Å². The minimum absolute atomic E-state index is 0.0626. The zero-order valence-electron chi connectivity index (χ0n) is 32.3. The molecule has 1 fully saturated rings. The maximum Gasteiger partial charge on any atom is 0.333 e. The number of hydroxylamine groups is 2. The van der Waals surface area contributed by atoms with Crippen LogP contribution in [-0.4, -0.2) is 69.9 Å². The summed E-state index contributed by atoms with van der Waals surface area (Å²) < 4.78 is 10.9. The fourth-order valence-corrected chi connectivity index (χ4v) is 5.42. The maximum atomic E-state index is 13.0. The van der Waals surface area contributed by atoms with Gasteiger partial charge in [0.2, 0.25) is 11.8 Å². The van der Waals surface area contributed by atoms with Crippen molar-refractivity contribution in [3.05, 3.63) is 0 Å². The lowest BCUT2D eigenvalue weighted by Gasteiger charge is -2.26. The van der Waals surface area contributed by atoms with Gasteiger partial charge < -0.3 is 24.9 Å². The van der Waals surface area contributed by atoms with Crippen LogP contribution in [0.1, 0.15) is 177 Å². The van der Waals surface area contributed by atoms with E-state index in [1.165, 1.54) is 57.8 Å². The van der Waals surface area contributed by atoms with E-state index in [-0.39, 0.29) is 44.4 Å². The molecule has 1 aliphatic heterocycles. The van der Waals surface area contributed by atoms with E-state index in [4.69, 9.17) is 14.3 Å². The van der Waals surface area contributed by atoms with Gasteiger partial charge in [-0.05, 0) is 60.8 Å². The number of amides is 4. The molecule has 292 valence electrons. The van der Waals surface area contributed by atoms with Crippen LogP contribution in [0.25, 0.3) is 0 Å². The van der Waals surface area contributed by atoms with Gasteiger partial charge in [-0.1, -0.05) is 84.0 Å². The molecule has 13 nitrogen and oxygen atoms in total. The zero-order chi connectivity index (χ0) is 38.5. The fraction of sp³-hybridized carbons (Fsp3) is 0.816. The molecule has 1 rings (SSSR count). The van der Waals surface area contributed by atoms with Gasteiger partial charge in [0.1, 0.15) is 23.3 Å². The summed E-state index contributed by atoms with van der Waals surface area (Å²) in [6.45, 7) is 12.3. The highest BCUT2D eigenvalue weighted by atomic mass is 16.7. The quantitative estimate of drug-likeness (QED) is 0.0619. The van der Waals surface area contributed by atoms with Gasteiger partial charge in [0.05, 0.1) is 6.42 Å². The average molecular weight is 724 g/mol. The van der Waals surface area contributed by atoms with Crippen LogP contribution in [0, 0.1) is 0 Å². The van der Waals surface area contributed by atoms with E-state index in [0.717, 1.165) is 19.3 Å². The summed E-state index contributed by atoms with van der Waals surface area (Å²) in [4.78, 5) is 92.6. The van der Waals surface area contributed by atoms with Gasteiger partial charge >= 0.3 is 17.9 Å². The van der Waals surface area contributed by atoms with Crippen LogP contribution in [0.5, 0.6) is 0 Å². The van der Waals surface area contributed by atoms with Crippen molar-refractivity contribution >= 4 is 41.5 Å². The van der Waals surface area contributed by atoms with Crippen LogP contribution < -0.4 is 10.6 Å². The predicted molar refractivity (Wildman–Crippen MR) is 192 cm³/mol. The summed E-state index contributed by atoms with van der Waals surface area (Å²) >= 11 is 0. The van der Waals surface area contributed by atoms with Gasteiger partial charge in [-0.2, -0.15) is 0 Å². The second-order valence-electron chi connectivity index (χ2n) is 15.4. The highest BCUT2D eigenvalue weighted by Crippen LogP contribution is 2.17. The Bertz CT molecular complexity index is 1130. The van der Waals surface area contributed by atoms with Crippen molar-refractivity contribution in [2.45, 2.75) is 200 Å². The Labute approximate surface area is 305 Å². The molecule has 0 aliphatic carbocycles. The Kier molecular flexibility index (Phi) is 21.3. The Morgan fingerprint density at radius 1 is 0.588 bits per heavy atom. The number of carbonyl (C=O) groups excluding carboxylic acids is 7. The summed E-state index contributed by atoms with van der Waals surface area (Å²) in [5.74, 6) is -4.61. The third-order valence-corrected chi connectivity index (χ3v) is 8.06. The van der Waals surface area contributed by atoms with Crippen LogP contribution >= 0.6 is 0 Å². The van der Waals surface area contributed by atoms with Crippen molar-refractivity contribution in [3.8, 4) is 0 Å². The van der Waals surface area contributed by atoms with Crippen molar-refractivity contribution in [2.24, 2.45) is 0 Å². The zero-order valence-corrected chi connectivity index (χ0v) is 32.3. The molecule has 0 bridgehead atoms. The van der Waals surface area contributed by atoms with Gasteiger partial charge in [0.15, 0.2) is 0 Å². The maximum absolute atomic E-state index is 13.0. The molecular formula is C38H65N3O10. The monoisotopic (exact) mass is 723 g/mol. The number of nitrogens with zero attached hydrogens (tertiary/aromatic N) is 1. The third-order valence-electron chi connectivity index (χ3n) is 8.06. The fourth-order valence-electron chi connectivity index (χ4n) is 5.42. The number of nitrogens with one attached hydrogen (secondary N) is 2. The second-order valence-corrected chi connectivity index (χ2v) is 15.4. The number of carbonyl (C=O) groups is 7. The summed E-state index contributed by atoms with van der Waals surface area (Å²) in [5.41, 5.74) is -1.72. The Morgan fingerprint density at radius 3 is 1.37 bits per heavy atom. The van der Waals surface area contributed by atoms with E-state index in [0.29, 0.717) is 11.5 Å². The van der Waals surface area contributed by atoms with E-state index in [9.17, 15) is 33.6 Å². The van der Waals surface area contributed by atoms with Crippen molar-refractivity contribution < 1.29 is 47.9 Å². The van der Waals surface area contributed by atoms with E-state index in [1.807, 2.05) is 0 Å². The van der Waals surface area contributed by atoms with Crippen LogP contribution in [0.3, 0.4) is 0 Å². The predicted octanol–water partition coefficient (Wildman–Crippen LogP) is 6.29. The number of rotatable bonds is 25. The summed E-state index contributed by atoms with van der Waals surface area (Å²) in [5, 5.41) is 5.68. The molecule has 0 aromatic carbocycles. The molecule has 4 amide bonds. The molecule has 13 heteroatoms. The van der Waals surface area contributed by atoms with Crippen molar-refractivity contribution in [2.75, 3.05) is 0 Å². The minimum atomic E-state index is -1.26. The normalized spacial score (nSPS) is 14.5. The number of esters is 2. The first-order valence-corrected chi connectivity index (χ1v) is 19.0. The molecule has 51 heavy (non-hydrogen) atoms. The number of unbranched alkanes of at least 4 members (excludes halogenated alkanes) is 12. The second kappa shape index (κ2) is 23.9. The molecule has 1 saturated heterocycles. The minimum Gasteiger partial charge on any atom is -0.458 e. The molecule has 0 aromatic heterocycles. The largest absolute Gasteiger partial charge is 0.458 e. The van der Waals surface area contributed by atoms with Gasteiger partial charge in [0, 0.05) is 25.7 Å². The van der Waals surface area contributed by atoms with Crippen molar-refractivity contribution in [1.29, 1.82) is 0 Å². The van der Waals surface area contributed by atoms with E-state index < -0.39 is 65.3 Å². The summed E-state index contributed by atoms with van der Waals surface area (Å²) in [6.07, 6.45) is 14.5. The SMILES string of the molecule is CCCCCCCCCCCCCCCC(=O)NC(CCC(=O)N[C@@H](CCC(=O)ON1C(=O)CCC1=O)C(=O)OC(C)(C)C)C(=O)OC(C)(C)C. The van der Waals surface area contributed by atoms with Crippen LogP contribution in [0.2, 0.25) is 0 Å². The van der Waals surface area contributed by atoms with Gasteiger partial charge in [-0.15, -0.1) is 5.06 Å². The lowest BCUT2D eigenvalue weighted by molar-refractivity contribution is -0.197. The molecule has 1 unspecified atom stereocenters. The van der Waals surface area contributed by atoms with Gasteiger partial charge in [0.25, 0.3) is 11.8 Å². The summed E-state index contributed by atoms with van der Waals surface area (Å²) in [7, 11) is 0. The highest BCUT2D eigenvalue weighted by molar-refractivity contribution is 6.01. The van der Waals surface area contributed by atoms with E-state index in [1.54, 1.807) is 41.5 Å². The lowest BCUT2D eigenvalue weighted by Crippen LogP contribution is -2.47. The van der Waals surface area contributed by atoms with Crippen molar-refractivity contribution in [1.82, 2.24) is 15.7 Å². The average Bonchev–Trinajstić information content (AvgIpc) is 3.33. The van der Waals surface area contributed by atoms with E-state index in [2.05, 4.69) is 17.6 Å². The molecule has 1 heterocycles. The molecule has 1 aliphatic rings. The molecule has 0 radical (unpaired) electrons. The molecular weight excluding hydrogens is 658 g/mol. The number of imide groups is 1. The molecule has 0 spiro atoms. The van der Waals surface area contributed by atoms with Crippen LogP contribution in [0.4, 0.5) is 0 Å².